The van der Waals surface area contributed by atoms with Gasteiger partial charge in [-0.15, -0.1) is 0 Å². The first-order valence-electron chi connectivity index (χ1n) is 8.85. The van der Waals surface area contributed by atoms with Crippen molar-refractivity contribution in [1.29, 1.82) is 0 Å². The van der Waals surface area contributed by atoms with Crippen molar-refractivity contribution in [2.24, 2.45) is 0 Å². The molecule has 0 aromatic carbocycles. The van der Waals surface area contributed by atoms with Crippen LogP contribution >= 0.6 is 0 Å². The fraction of sp³-hybridized carbons (Fsp3) is 0.444. The predicted molar refractivity (Wildman–Crippen MR) is 92.0 cm³/mol. The van der Waals surface area contributed by atoms with Crippen LogP contribution in [-0.4, -0.2) is 57.0 Å². The van der Waals surface area contributed by atoms with E-state index in [0.29, 0.717) is 6.04 Å². The second kappa shape index (κ2) is 6.16. The van der Waals surface area contributed by atoms with E-state index in [1.54, 1.807) is 6.20 Å². The third-order valence-corrected chi connectivity index (χ3v) is 5.25. The van der Waals surface area contributed by atoms with E-state index in [2.05, 4.69) is 24.6 Å². The van der Waals surface area contributed by atoms with Crippen molar-refractivity contribution >= 4 is 0 Å². The molecule has 130 valence electrons. The van der Waals surface area contributed by atoms with Gasteiger partial charge in [-0.25, -0.2) is 4.98 Å². The Bertz CT molecular complexity index is 831. The Hall–Kier alpha value is -2.38. The van der Waals surface area contributed by atoms with Crippen molar-refractivity contribution < 1.29 is 9.15 Å². The fourth-order valence-corrected chi connectivity index (χ4v) is 3.99. The van der Waals surface area contributed by atoms with Gasteiger partial charge in [0.05, 0.1) is 25.3 Å². The van der Waals surface area contributed by atoms with Crippen LogP contribution in [0.3, 0.4) is 0 Å². The van der Waals surface area contributed by atoms with Crippen LogP contribution in [0.15, 0.2) is 41.2 Å². The number of likely N-dealkylation sites (tertiary alicyclic amines) is 1. The normalized spacial score (nSPS) is 24.3. The minimum Gasteiger partial charge on any atom is -0.451 e. The van der Waals surface area contributed by atoms with E-state index in [9.17, 15) is 0 Å². The highest BCUT2D eigenvalue weighted by molar-refractivity contribution is 5.58. The summed E-state index contributed by atoms with van der Waals surface area (Å²) < 4.78 is 14.1. The molecule has 0 unspecified atom stereocenters. The monoisotopic (exact) mass is 339 g/mol. The number of rotatable bonds is 4. The van der Waals surface area contributed by atoms with Crippen LogP contribution in [0, 0.1) is 0 Å². The van der Waals surface area contributed by atoms with Crippen molar-refractivity contribution in [2.75, 3.05) is 26.3 Å². The number of ether oxygens (including phenoxy) is 1. The van der Waals surface area contributed by atoms with Crippen molar-refractivity contribution in [3.63, 3.8) is 0 Å². The second-order valence-electron chi connectivity index (χ2n) is 6.71. The molecule has 0 spiro atoms. The number of aromatic nitrogens is 4. The number of nitrogens with zero attached hydrogens (tertiary/aromatic N) is 4. The topological polar surface area (TPSA) is 72.1 Å². The van der Waals surface area contributed by atoms with E-state index in [1.807, 2.05) is 30.6 Å². The number of aromatic amines is 1. The summed E-state index contributed by atoms with van der Waals surface area (Å²) in [4.78, 5) is 7.11. The molecule has 0 amide bonds. The SMILES string of the molecule is c1cc(-c2ccc(-c3nccn3[C@H]3COC[C@@H]3N3CCCC3)o2)[nH]n1. The Kier molecular flexibility index (Phi) is 3.68. The first kappa shape index (κ1) is 14.9. The maximum Gasteiger partial charge on any atom is 0.176 e. The summed E-state index contributed by atoms with van der Waals surface area (Å²) in [5.74, 6) is 2.38. The van der Waals surface area contributed by atoms with E-state index in [4.69, 9.17) is 9.15 Å². The molecule has 2 atom stereocenters. The van der Waals surface area contributed by atoms with E-state index in [0.717, 1.165) is 36.3 Å². The average Bonchev–Trinajstić information content (AvgIpc) is 3.48. The smallest absolute Gasteiger partial charge is 0.176 e. The number of imidazole rings is 1. The molecule has 0 saturated carbocycles. The van der Waals surface area contributed by atoms with Crippen molar-refractivity contribution in [3.05, 3.63) is 36.8 Å². The highest BCUT2D eigenvalue weighted by Crippen LogP contribution is 2.32. The van der Waals surface area contributed by atoms with E-state index < -0.39 is 0 Å². The predicted octanol–water partition coefficient (Wildman–Crippen LogP) is 2.57. The maximum absolute atomic E-state index is 6.02. The summed E-state index contributed by atoms with van der Waals surface area (Å²) >= 11 is 0. The van der Waals surface area contributed by atoms with E-state index in [1.165, 1.54) is 25.9 Å². The van der Waals surface area contributed by atoms with Gasteiger partial charge >= 0.3 is 0 Å². The Balaban J connectivity index is 1.46. The molecular weight excluding hydrogens is 318 g/mol. The molecule has 25 heavy (non-hydrogen) atoms. The summed E-state index contributed by atoms with van der Waals surface area (Å²) in [5.41, 5.74) is 0.864. The van der Waals surface area contributed by atoms with Crippen molar-refractivity contribution in [2.45, 2.75) is 24.9 Å². The standard InChI is InChI=1S/C18H21N5O2/c1-2-9-22(8-1)14-11-24-12-15(14)23-10-7-19-18(23)17-4-3-16(25-17)13-5-6-20-21-13/h3-7,10,14-15H,1-2,8-9,11-12H2,(H,20,21)/t14-,15-/m0/s1. The lowest BCUT2D eigenvalue weighted by Crippen LogP contribution is -2.39. The number of nitrogens with one attached hydrogen (secondary N) is 1. The van der Waals surface area contributed by atoms with Crippen molar-refractivity contribution in [3.8, 4) is 23.0 Å². The third-order valence-electron chi connectivity index (χ3n) is 5.25. The Morgan fingerprint density at radius 3 is 2.68 bits per heavy atom. The van der Waals surface area contributed by atoms with E-state index in [-0.39, 0.29) is 6.04 Å². The molecule has 2 aliphatic heterocycles. The zero-order valence-electron chi connectivity index (χ0n) is 14.0. The van der Waals surface area contributed by atoms with Gasteiger partial charge in [0.15, 0.2) is 17.3 Å². The van der Waals surface area contributed by atoms with Gasteiger partial charge in [0.1, 0.15) is 5.69 Å². The van der Waals surface area contributed by atoms with Gasteiger partial charge in [0, 0.05) is 18.6 Å². The van der Waals surface area contributed by atoms with Crippen LogP contribution in [0.5, 0.6) is 0 Å². The first-order chi connectivity index (χ1) is 12.4. The zero-order chi connectivity index (χ0) is 16.6. The van der Waals surface area contributed by atoms with Crippen LogP contribution in [0.25, 0.3) is 23.0 Å². The van der Waals surface area contributed by atoms with Crippen molar-refractivity contribution in [1.82, 2.24) is 24.6 Å². The molecule has 3 aromatic heterocycles. The van der Waals surface area contributed by atoms with Gasteiger partial charge in [-0.3, -0.25) is 10.00 Å². The van der Waals surface area contributed by atoms with Gasteiger partial charge in [-0.1, -0.05) is 0 Å². The van der Waals surface area contributed by atoms with Gasteiger partial charge in [-0.2, -0.15) is 5.10 Å². The summed E-state index contributed by atoms with van der Waals surface area (Å²) in [7, 11) is 0. The highest BCUT2D eigenvalue weighted by atomic mass is 16.5. The minimum atomic E-state index is 0.274. The van der Waals surface area contributed by atoms with Gasteiger partial charge in [0.2, 0.25) is 0 Å². The number of hydrogen-bond donors (Lipinski definition) is 1. The molecule has 3 aromatic rings. The average molecular weight is 339 g/mol. The molecule has 2 saturated heterocycles. The first-order valence-corrected chi connectivity index (χ1v) is 8.85. The zero-order valence-corrected chi connectivity index (χ0v) is 14.0. The van der Waals surface area contributed by atoms with Crippen LogP contribution < -0.4 is 0 Å². The second-order valence-corrected chi connectivity index (χ2v) is 6.71. The van der Waals surface area contributed by atoms with Crippen LogP contribution in [0.4, 0.5) is 0 Å². The molecule has 2 aliphatic rings. The molecule has 0 aliphatic carbocycles. The molecule has 0 bridgehead atoms. The third kappa shape index (κ3) is 2.60. The fourth-order valence-electron chi connectivity index (χ4n) is 3.99. The summed E-state index contributed by atoms with van der Waals surface area (Å²) in [6, 6.07) is 6.50. The minimum absolute atomic E-state index is 0.274. The molecular formula is C18H21N5O2. The Morgan fingerprint density at radius 1 is 1.00 bits per heavy atom. The number of furan rings is 1. The summed E-state index contributed by atoms with van der Waals surface area (Å²) in [6.07, 6.45) is 8.16. The van der Waals surface area contributed by atoms with Gasteiger partial charge in [-0.05, 0) is 44.1 Å². The number of hydrogen-bond acceptors (Lipinski definition) is 5. The maximum atomic E-state index is 6.02. The summed E-state index contributed by atoms with van der Waals surface area (Å²) in [6.45, 7) is 3.84. The molecule has 0 radical (unpaired) electrons. The molecule has 2 fully saturated rings. The lowest BCUT2D eigenvalue weighted by molar-refractivity contribution is 0.158. The number of H-pyrrole nitrogens is 1. The molecule has 7 nitrogen and oxygen atoms in total. The molecule has 1 N–H and O–H groups in total. The lowest BCUT2D eigenvalue weighted by Gasteiger charge is -2.28. The van der Waals surface area contributed by atoms with E-state index >= 15 is 0 Å². The largest absolute Gasteiger partial charge is 0.451 e. The highest BCUT2D eigenvalue weighted by Gasteiger charge is 2.36. The molecule has 5 heterocycles. The van der Waals surface area contributed by atoms with Gasteiger partial charge in [0.25, 0.3) is 0 Å². The van der Waals surface area contributed by atoms with Gasteiger partial charge < -0.3 is 13.7 Å². The van der Waals surface area contributed by atoms with Crippen LogP contribution in [-0.2, 0) is 4.74 Å². The molecule has 5 rings (SSSR count). The molecule has 7 heteroatoms. The van der Waals surface area contributed by atoms with Crippen LogP contribution in [0.1, 0.15) is 18.9 Å². The quantitative estimate of drug-likeness (QED) is 0.791. The Labute approximate surface area is 145 Å². The lowest BCUT2D eigenvalue weighted by atomic mass is 10.1. The Morgan fingerprint density at radius 2 is 1.84 bits per heavy atom. The van der Waals surface area contributed by atoms with Crippen LogP contribution in [0.2, 0.25) is 0 Å². The summed E-state index contributed by atoms with van der Waals surface area (Å²) in [5, 5.41) is 6.91.